The maximum Gasteiger partial charge on any atom is 0.338 e. The number of esters is 2. The molecule has 0 amide bonds. The van der Waals surface area contributed by atoms with E-state index in [-0.39, 0.29) is 18.1 Å². The molecule has 0 saturated heterocycles. The zero-order valence-electron chi connectivity index (χ0n) is 13.5. The van der Waals surface area contributed by atoms with Crippen LogP contribution in [-0.4, -0.2) is 25.7 Å². The molecule has 0 aliphatic heterocycles. The number of hydrogen-bond donors (Lipinski definition) is 0. The van der Waals surface area contributed by atoms with E-state index in [2.05, 4.69) is 0 Å². The van der Waals surface area contributed by atoms with Crippen LogP contribution in [-0.2, 0) is 9.53 Å². The van der Waals surface area contributed by atoms with Crippen LogP contribution in [0.3, 0.4) is 0 Å². The van der Waals surface area contributed by atoms with Crippen LogP contribution in [0, 0.1) is 0 Å². The lowest BCUT2D eigenvalue weighted by Gasteiger charge is -2.09. The standard InChI is InChI=1S/C19H18O5/c1-3-23-19(21)15-10-11-16(17(13-15)22-2)24-18(20)12-9-14-7-5-4-6-8-14/h4-13H,3H2,1-2H3/b12-9+. The summed E-state index contributed by atoms with van der Waals surface area (Å²) in [5, 5.41) is 0. The van der Waals surface area contributed by atoms with Crippen molar-refractivity contribution in [2.75, 3.05) is 13.7 Å². The van der Waals surface area contributed by atoms with Crippen molar-refractivity contribution in [3.8, 4) is 11.5 Å². The Morgan fingerprint density at radius 1 is 1.04 bits per heavy atom. The Labute approximate surface area is 140 Å². The number of carbonyl (C=O) groups is 2. The largest absolute Gasteiger partial charge is 0.493 e. The molecular weight excluding hydrogens is 308 g/mol. The van der Waals surface area contributed by atoms with Gasteiger partial charge in [-0.15, -0.1) is 0 Å². The molecule has 0 aliphatic rings. The molecule has 0 atom stereocenters. The summed E-state index contributed by atoms with van der Waals surface area (Å²) in [5.74, 6) is -0.492. The molecule has 0 saturated carbocycles. The van der Waals surface area contributed by atoms with E-state index >= 15 is 0 Å². The van der Waals surface area contributed by atoms with Crippen LogP contribution in [0.4, 0.5) is 0 Å². The summed E-state index contributed by atoms with van der Waals surface area (Å²) in [7, 11) is 1.43. The summed E-state index contributed by atoms with van der Waals surface area (Å²) in [6.07, 6.45) is 2.98. The second kappa shape index (κ2) is 8.53. The topological polar surface area (TPSA) is 61.8 Å². The van der Waals surface area contributed by atoms with Crippen LogP contribution in [0.5, 0.6) is 11.5 Å². The number of carbonyl (C=O) groups excluding carboxylic acids is 2. The molecule has 0 radical (unpaired) electrons. The fourth-order valence-electron chi connectivity index (χ4n) is 1.96. The Kier molecular flexibility index (Phi) is 6.14. The molecule has 5 heteroatoms. The number of rotatable bonds is 6. The molecular formula is C19H18O5. The fraction of sp³-hybridized carbons (Fsp3) is 0.158. The van der Waals surface area contributed by atoms with Gasteiger partial charge in [-0.25, -0.2) is 9.59 Å². The van der Waals surface area contributed by atoms with E-state index in [4.69, 9.17) is 14.2 Å². The van der Waals surface area contributed by atoms with Gasteiger partial charge in [-0.2, -0.15) is 0 Å². The van der Waals surface area contributed by atoms with Gasteiger partial charge in [0, 0.05) is 6.08 Å². The normalized spacial score (nSPS) is 10.4. The van der Waals surface area contributed by atoms with Crippen LogP contribution in [0.15, 0.2) is 54.6 Å². The van der Waals surface area contributed by atoms with Crippen molar-refractivity contribution in [2.24, 2.45) is 0 Å². The van der Waals surface area contributed by atoms with Gasteiger partial charge in [-0.05, 0) is 36.8 Å². The summed E-state index contributed by atoms with van der Waals surface area (Å²) < 4.78 is 15.3. The molecule has 24 heavy (non-hydrogen) atoms. The van der Waals surface area contributed by atoms with Gasteiger partial charge >= 0.3 is 11.9 Å². The van der Waals surface area contributed by atoms with Crippen molar-refractivity contribution in [2.45, 2.75) is 6.92 Å². The molecule has 0 aliphatic carbocycles. The predicted octanol–water partition coefficient (Wildman–Crippen LogP) is 3.49. The maximum absolute atomic E-state index is 11.9. The van der Waals surface area contributed by atoms with Crippen molar-refractivity contribution in [3.05, 3.63) is 65.7 Å². The van der Waals surface area contributed by atoms with Crippen LogP contribution in [0.25, 0.3) is 6.08 Å². The van der Waals surface area contributed by atoms with Gasteiger partial charge in [0.1, 0.15) is 0 Å². The molecule has 0 unspecified atom stereocenters. The van der Waals surface area contributed by atoms with E-state index in [1.807, 2.05) is 30.3 Å². The molecule has 0 aromatic heterocycles. The minimum absolute atomic E-state index is 0.230. The van der Waals surface area contributed by atoms with Gasteiger partial charge in [-0.1, -0.05) is 30.3 Å². The Balaban J connectivity index is 2.10. The van der Waals surface area contributed by atoms with E-state index in [1.165, 1.54) is 31.4 Å². The Hall–Kier alpha value is -3.08. The second-order valence-electron chi connectivity index (χ2n) is 4.75. The highest BCUT2D eigenvalue weighted by Crippen LogP contribution is 2.28. The monoisotopic (exact) mass is 326 g/mol. The van der Waals surface area contributed by atoms with Gasteiger partial charge in [0.05, 0.1) is 19.3 Å². The van der Waals surface area contributed by atoms with E-state index in [0.29, 0.717) is 5.56 Å². The van der Waals surface area contributed by atoms with Gasteiger partial charge in [0.15, 0.2) is 11.5 Å². The molecule has 2 aromatic carbocycles. The third kappa shape index (κ3) is 4.71. The highest BCUT2D eigenvalue weighted by molar-refractivity contribution is 5.91. The predicted molar refractivity (Wildman–Crippen MR) is 90.1 cm³/mol. The number of ether oxygens (including phenoxy) is 3. The van der Waals surface area contributed by atoms with Crippen molar-refractivity contribution < 1.29 is 23.8 Å². The quantitative estimate of drug-likeness (QED) is 0.462. The first-order chi connectivity index (χ1) is 11.6. The molecule has 124 valence electrons. The summed E-state index contributed by atoms with van der Waals surface area (Å²) in [6, 6.07) is 13.9. The minimum Gasteiger partial charge on any atom is -0.493 e. The van der Waals surface area contributed by atoms with Gasteiger partial charge < -0.3 is 14.2 Å². The van der Waals surface area contributed by atoms with Gasteiger partial charge in [0.2, 0.25) is 0 Å². The summed E-state index contributed by atoms with van der Waals surface area (Å²) >= 11 is 0. The van der Waals surface area contributed by atoms with Crippen LogP contribution in [0.2, 0.25) is 0 Å². The lowest BCUT2D eigenvalue weighted by molar-refractivity contribution is -0.129. The van der Waals surface area contributed by atoms with Crippen molar-refractivity contribution in [1.82, 2.24) is 0 Å². The van der Waals surface area contributed by atoms with E-state index in [9.17, 15) is 9.59 Å². The lowest BCUT2D eigenvalue weighted by atomic mass is 10.2. The van der Waals surface area contributed by atoms with Gasteiger partial charge in [-0.3, -0.25) is 0 Å². The Morgan fingerprint density at radius 3 is 2.46 bits per heavy atom. The van der Waals surface area contributed by atoms with Crippen LogP contribution in [0.1, 0.15) is 22.8 Å². The van der Waals surface area contributed by atoms with Crippen LogP contribution >= 0.6 is 0 Å². The van der Waals surface area contributed by atoms with E-state index in [0.717, 1.165) is 5.56 Å². The average molecular weight is 326 g/mol. The average Bonchev–Trinajstić information content (AvgIpc) is 2.61. The highest BCUT2D eigenvalue weighted by Gasteiger charge is 2.13. The van der Waals surface area contributed by atoms with Crippen LogP contribution < -0.4 is 9.47 Å². The van der Waals surface area contributed by atoms with E-state index in [1.54, 1.807) is 13.0 Å². The first-order valence-electron chi connectivity index (χ1n) is 7.44. The second-order valence-corrected chi connectivity index (χ2v) is 4.75. The smallest absolute Gasteiger partial charge is 0.338 e. The first-order valence-corrected chi connectivity index (χ1v) is 7.44. The zero-order chi connectivity index (χ0) is 17.4. The summed E-state index contributed by atoms with van der Waals surface area (Å²) in [6.45, 7) is 2.01. The van der Waals surface area contributed by atoms with Gasteiger partial charge in [0.25, 0.3) is 0 Å². The summed E-state index contributed by atoms with van der Waals surface area (Å²) in [5.41, 5.74) is 1.22. The molecule has 5 nitrogen and oxygen atoms in total. The fourth-order valence-corrected chi connectivity index (χ4v) is 1.96. The molecule has 0 N–H and O–H groups in total. The third-order valence-electron chi connectivity index (χ3n) is 3.10. The minimum atomic E-state index is -0.541. The SMILES string of the molecule is CCOC(=O)c1ccc(OC(=O)/C=C/c2ccccc2)c(OC)c1. The third-order valence-corrected chi connectivity index (χ3v) is 3.10. The molecule has 0 fully saturated rings. The molecule has 0 spiro atoms. The van der Waals surface area contributed by atoms with Crippen molar-refractivity contribution in [1.29, 1.82) is 0 Å². The number of methoxy groups -OCH3 is 1. The maximum atomic E-state index is 11.9. The zero-order valence-corrected chi connectivity index (χ0v) is 13.5. The van der Waals surface area contributed by atoms with Crippen molar-refractivity contribution in [3.63, 3.8) is 0 Å². The lowest BCUT2D eigenvalue weighted by Crippen LogP contribution is -2.08. The Morgan fingerprint density at radius 2 is 1.79 bits per heavy atom. The number of hydrogen-bond acceptors (Lipinski definition) is 5. The summed E-state index contributed by atoms with van der Waals surface area (Å²) in [4.78, 5) is 23.6. The number of benzene rings is 2. The van der Waals surface area contributed by atoms with Crippen molar-refractivity contribution >= 4 is 18.0 Å². The molecule has 2 rings (SSSR count). The molecule has 2 aromatic rings. The molecule has 0 heterocycles. The molecule has 0 bridgehead atoms. The van der Waals surface area contributed by atoms with E-state index < -0.39 is 11.9 Å². The Bertz CT molecular complexity index is 735. The highest BCUT2D eigenvalue weighted by atomic mass is 16.6. The first kappa shape index (κ1) is 17.3.